The molecule has 1 amide bonds. The van der Waals surface area contributed by atoms with Gasteiger partial charge in [0.25, 0.3) is 0 Å². The van der Waals surface area contributed by atoms with Crippen LogP contribution < -0.4 is 10.2 Å². The zero-order valence-corrected chi connectivity index (χ0v) is 16.5. The molecule has 1 saturated heterocycles. The van der Waals surface area contributed by atoms with Crippen LogP contribution in [0.3, 0.4) is 0 Å². The van der Waals surface area contributed by atoms with Gasteiger partial charge < -0.3 is 10.2 Å². The summed E-state index contributed by atoms with van der Waals surface area (Å²) in [6.07, 6.45) is 4.54. The minimum Gasteiger partial charge on any atom is -0.348 e. The van der Waals surface area contributed by atoms with Gasteiger partial charge in [-0.2, -0.15) is 0 Å². The zero-order valence-electron chi connectivity index (χ0n) is 16.5. The Morgan fingerprint density at radius 2 is 1.93 bits per heavy atom. The first-order valence-corrected chi connectivity index (χ1v) is 9.64. The highest BCUT2D eigenvalue weighted by atomic mass is 16.2. The van der Waals surface area contributed by atoms with E-state index in [4.69, 9.17) is 0 Å². The number of nitrogens with zero attached hydrogens (tertiary/aromatic N) is 4. The molecule has 1 aliphatic heterocycles. The largest absolute Gasteiger partial charge is 0.348 e. The second-order valence-corrected chi connectivity index (χ2v) is 7.31. The van der Waals surface area contributed by atoms with Gasteiger partial charge in [0.15, 0.2) is 0 Å². The highest BCUT2D eigenvalue weighted by Gasteiger charge is 2.19. The number of nitrogens with one attached hydrogen (secondary N) is 1. The lowest BCUT2D eigenvalue weighted by Gasteiger charge is -2.23. The Labute approximate surface area is 161 Å². The molecule has 1 aliphatic rings. The SMILES string of the molecule is Cc1ccc(C)c([C@@H](C)NC(=O)CN2CCCN(c3ncccn3)CC2)c1. The zero-order chi connectivity index (χ0) is 19.2. The average Bonchev–Trinajstić information content (AvgIpc) is 2.90. The van der Waals surface area contributed by atoms with E-state index in [0.717, 1.165) is 38.5 Å². The molecule has 0 bridgehead atoms. The van der Waals surface area contributed by atoms with Crippen LogP contribution in [-0.4, -0.2) is 53.5 Å². The number of hydrogen-bond acceptors (Lipinski definition) is 5. The maximum absolute atomic E-state index is 12.6. The molecule has 6 heteroatoms. The van der Waals surface area contributed by atoms with Crippen molar-refractivity contribution < 1.29 is 4.79 Å². The van der Waals surface area contributed by atoms with Crippen molar-refractivity contribution in [2.24, 2.45) is 0 Å². The lowest BCUT2D eigenvalue weighted by atomic mass is 10.00. The topological polar surface area (TPSA) is 61.4 Å². The van der Waals surface area contributed by atoms with Gasteiger partial charge in [0.05, 0.1) is 12.6 Å². The maximum Gasteiger partial charge on any atom is 0.234 e. The molecule has 0 radical (unpaired) electrons. The normalized spacial score (nSPS) is 16.6. The fourth-order valence-corrected chi connectivity index (χ4v) is 3.58. The van der Waals surface area contributed by atoms with Crippen LogP contribution in [0.1, 0.15) is 36.1 Å². The molecular weight excluding hydrogens is 338 g/mol. The van der Waals surface area contributed by atoms with Gasteiger partial charge in [-0.1, -0.05) is 23.8 Å². The first-order chi connectivity index (χ1) is 13.0. The van der Waals surface area contributed by atoms with E-state index < -0.39 is 0 Å². The van der Waals surface area contributed by atoms with Crippen molar-refractivity contribution in [3.63, 3.8) is 0 Å². The maximum atomic E-state index is 12.6. The smallest absolute Gasteiger partial charge is 0.234 e. The molecule has 0 spiro atoms. The summed E-state index contributed by atoms with van der Waals surface area (Å²) in [5.74, 6) is 0.847. The van der Waals surface area contributed by atoms with Crippen molar-refractivity contribution in [2.75, 3.05) is 37.6 Å². The molecule has 1 N–H and O–H groups in total. The minimum atomic E-state index is 0.0126. The molecule has 6 nitrogen and oxygen atoms in total. The van der Waals surface area contributed by atoms with E-state index in [1.54, 1.807) is 12.4 Å². The van der Waals surface area contributed by atoms with Gasteiger partial charge in [-0.05, 0) is 44.4 Å². The molecule has 1 aromatic carbocycles. The van der Waals surface area contributed by atoms with E-state index in [1.165, 1.54) is 16.7 Å². The molecule has 1 aromatic heterocycles. The fraction of sp³-hybridized carbons (Fsp3) is 0.476. The Balaban J connectivity index is 1.53. The Kier molecular flexibility index (Phi) is 6.40. The van der Waals surface area contributed by atoms with Crippen molar-refractivity contribution in [1.29, 1.82) is 0 Å². The number of aryl methyl sites for hydroxylation is 2. The van der Waals surface area contributed by atoms with E-state index in [0.29, 0.717) is 6.54 Å². The highest BCUT2D eigenvalue weighted by Crippen LogP contribution is 2.19. The quantitative estimate of drug-likeness (QED) is 0.880. The summed E-state index contributed by atoms with van der Waals surface area (Å²) in [7, 11) is 0. The van der Waals surface area contributed by atoms with Gasteiger partial charge in [-0.25, -0.2) is 9.97 Å². The number of carbonyl (C=O) groups is 1. The van der Waals surface area contributed by atoms with Crippen molar-refractivity contribution >= 4 is 11.9 Å². The van der Waals surface area contributed by atoms with Crippen LogP contribution in [0, 0.1) is 13.8 Å². The number of aromatic nitrogens is 2. The summed E-state index contributed by atoms with van der Waals surface area (Å²) >= 11 is 0. The molecule has 0 unspecified atom stereocenters. The molecule has 0 aliphatic carbocycles. The van der Waals surface area contributed by atoms with Crippen molar-refractivity contribution in [2.45, 2.75) is 33.2 Å². The van der Waals surface area contributed by atoms with E-state index >= 15 is 0 Å². The minimum absolute atomic E-state index is 0.0126. The summed E-state index contributed by atoms with van der Waals surface area (Å²) < 4.78 is 0. The molecule has 3 rings (SSSR count). The summed E-state index contributed by atoms with van der Waals surface area (Å²) in [4.78, 5) is 25.6. The summed E-state index contributed by atoms with van der Waals surface area (Å²) in [6, 6.07) is 8.22. The molecule has 27 heavy (non-hydrogen) atoms. The monoisotopic (exact) mass is 367 g/mol. The highest BCUT2D eigenvalue weighted by molar-refractivity contribution is 5.78. The summed E-state index contributed by atoms with van der Waals surface area (Å²) in [6.45, 7) is 10.2. The van der Waals surface area contributed by atoms with Gasteiger partial charge in [0.2, 0.25) is 11.9 Å². The molecule has 2 aromatic rings. The van der Waals surface area contributed by atoms with Crippen LogP contribution in [0.15, 0.2) is 36.7 Å². The third-order valence-corrected chi connectivity index (χ3v) is 5.07. The van der Waals surface area contributed by atoms with Crippen molar-refractivity contribution in [3.8, 4) is 0 Å². The first kappa shape index (κ1) is 19.3. The van der Waals surface area contributed by atoms with Crippen molar-refractivity contribution in [3.05, 3.63) is 53.3 Å². The second kappa shape index (κ2) is 8.95. The summed E-state index contributed by atoms with van der Waals surface area (Å²) in [5, 5.41) is 3.16. The Bertz CT molecular complexity index is 764. The number of amides is 1. The van der Waals surface area contributed by atoms with Crippen LogP contribution in [-0.2, 0) is 4.79 Å². The number of carbonyl (C=O) groups excluding carboxylic acids is 1. The van der Waals surface area contributed by atoms with Crippen LogP contribution in [0.2, 0.25) is 0 Å². The second-order valence-electron chi connectivity index (χ2n) is 7.31. The average molecular weight is 367 g/mol. The fourth-order valence-electron chi connectivity index (χ4n) is 3.58. The van der Waals surface area contributed by atoms with Crippen molar-refractivity contribution in [1.82, 2.24) is 20.2 Å². The number of benzene rings is 1. The molecule has 2 heterocycles. The predicted octanol–water partition coefficient (Wildman–Crippen LogP) is 2.48. The Morgan fingerprint density at radius 3 is 2.70 bits per heavy atom. The standard InChI is InChI=1S/C21H29N5O/c1-16-6-7-17(2)19(14-16)18(3)24-20(27)15-25-10-5-11-26(13-12-25)21-22-8-4-9-23-21/h4,6-9,14,18H,5,10-13,15H2,1-3H3,(H,24,27)/t18-/m1/s1. The molecular formula is C21H29N5O. The van der Waals surface area contributed by atoms with Gasteiger partial charge in [0, 0.05) is 38.6 Å². The van der Waals surface area contributed by atoms with E-state index in [1.807, 2.05) is 6.07 Å². The van der Waals surface area contributed by atoms with Crippen LogP contribution in [0.5, 0.6) is 0 Å². The third-order valence-electron chi connectivity index (χ3n) is 5.07. The molecule has 144 valence electrons. The van der Waals surface area contributed by atoms with E-state index in [9.17, 15) is 4.79 Å². The van der Waals surface area contributed by atoms with E-state index in [-0.39, 0.29) is 11.9 Å². The lowest BCUT2D eigenvalue weighted by Crippen LogP contribution is -2.40. The van der Waals surface area contributed by atoms with Gasteiger partial charge in [0.1, 0.15) is 0 Å². The third kappa shape index (κ3) is 5.26. The molecule has 0 saturated carbocycles. The van der Waals surface area contributed by atoms with E-state index in [2.05, 4.69) is 64.1 Å². The molecule has 1 atom stereocenters. The predicted molar refractivity (Wildman–Crippen MR) is 108 cm³/mol. The molecule has 1 fully saturated rings. The number of rotatable bonds is 5. The Hall–Kier alpha value is -2.47. The van der Waals surface area contributed by atoms with Crippen LogP contribution >= 0.6 is 0 Å². The lowest BCUT2D eigenvalue weighted by molar-refractivity contribution is -0.122. The number of anilines is 1. The van der Waals surface area contributed by atoms with Crippen LogP contribution in [0.4, 0.5) is 5.95 Å². The first-order valence-electron chi connectivity index (χ1n) is 9.64. The number of hydrogen-bond donors (Lipinski definition) is 1. The summed E-state index contributed by atoms with van der Waals surface area (Å²) in [5.41, 5.74) is 3.61. The Morgan fingerprint density at radius 1 is 1.15 bits per heavy atom. The van der Waals surface area contributed by atoms with Gasteiger partial charge in [-0.3, -0.25) is 9.69 Å². The van der Waals surface area contributed by atoms with Gasteiger partial charge >= 0.3 is 0 Å². The van der Waals surface area contributed by atoms with Crippen LogP contribution in [0.25, 0.3) is 0 Å². The van der Waals surface area contributed by atoms with Gasteiger partial charge in [-0.15, -0.1) is 0 Å².